The van der Waals surface area contributed by atoms with Crippen molar-refractivity contribution in [1.29, 1.82) is 0 Å². The Kier molecular flexibility index (Phi) is 13.3. The smallest absolute Gasteiger partial charge is 0.418 e. The van der Waals surface area contributed by atoms with Crippen LogP contribution in [0.1, 0.15) is 45.4 Å². The summed E-state index contributed by atoms with van der Waals surface area (Å²) < 4.78 is 43.4. The normalized spacial score (nSPS) is 10.5. The molecule has 0 amide bonds. The Morgan fingerprint density at radius 3 is 1.95 bits per heavy atom. The zero-order valence-electron chi connectivity index (χ0n) is 12.1. The Morgan fingerprint density at radius 2 is 1.50 bits per heavy atom. The number of hydrogen-bond donors (Lipinski definition) is 0. The van der Waals surface area contributed by atoms with E-state index in [1.54, 1.807) is 0 Å². The first-order valence-corrected chi connectivity index (χ1v) is 6.71. The summed E-state index contributed by atoms with van der Waals surface area (Å²) in [6.07, 6.45) is 14.6. The molecule has 8 heteroatoms. The number of halogens is 5. The maximum atomic E-state index is 9.75. The molecule has 0 aliphatic rings. The van der Waals surface area contributed by atoms with Gasteiger partial charge in [-0.25, -0.2) is 9.13 Å². The molecule has 0 bridgehead atoms. The predicted molar refractivity (Wildman–Crippen MR) is 79.5 cm³/mol. The first kappa shape index (κ1) is 21.8. The first-order valence-electron chi connectivity index (χ1n) is 6.71. The summed E-state index contributed by atoms with van der Waals surface area (Å²) in [7, 11) is -3.93. The molecule has 1 aromatic rings. The summed E-state index contributed by atoms with van der Waals surface area (Å²) in [5, 5.41) is 0. The van der Waals surface area contributed by atoms with Crippen LogP contribution >= 0.6 is 17.0 Å². The molecule has 0 saturated heterocycles. The van der Waals surface area contributed by atoms with Gasteiger partial charge in [0.05, 0.1) is 13.6 Å². The first-order chi connectivity index (χ1) is 8.83. The second-order valence-corrected chi connectivity index (χ2v) is 4.58. The lowest BCUT2D eigenvalue weighted by Crippen LogP contribution is -2.30. The van der Waals surface area contributed by atoms with E-state index in [1.807, 2.05) is 0 Å². The number of nitrogens with zero attached hydrogens (tertiary/aromatic N) is 2. The molecule has 0 aromatic carbocycles. The Morgan fingerprint density at radius 1 is 1.00 bits per heavy atom. The number of aryl methyl sites for hydroxylation is 2. The maximum absolute atomic E-state index is 9.75. The highest BCUT2D eigenvalue weighted by molar-refractivity contribution is 8.93. The van der Waals surface area contributed by atoms with E-state index in [1.165, 1.54) is 45.1 Å². The summed E-state index contributed by atoms with van der Waals surface area (Å²) in [6, 6.07) is 0. The minimum Gasteiger partial charge on any atom is -0.418 e. The van der Waals surface area contributed by atoms with Crippen LogP contribution in [0, 0.1) is 0 Å². The van der Waals surface area contributed by atoms with Crippen LogP contribution in [0.25, 0.3) is 0 Å². The molecule has 0 spiro atoms. The van der Waals surface area contributed by atoms with Crippen LogP contribution in [0.3, 0.4) is 0 Å². The van der Waals surface area contributed by atoms with E-state index in [9.17, 15) is 17.3 Å². The van der Waals surface area contributed by atoms with Gasteiger partial charge in [0, 0.05) is 0 Å². The van der Waals surface area contributed by atoms with Gasteiger partial charge in [0.25, 0.3) is 0 Å². The van der Waals surface area contributed by atoms with Gasteiger partial charge in [-0.05, 0) is 12.8 Å². The fourth-order valence-electron chi connectivity index (χ4n) is 1.71. The van der Waals surface area contributed by atoms with Crippen molar-refractivity contribution in [2.75, 3.05) is 0 Å². The molecular weight excluding hydrogens is 339 g/mol. The lowest BCUT2D eigenvalue weighted by Gasteiger charge is -1.98. The number of unbranched alkanes of at least 4 members (excludes halogenated alkanes) is 5. The molecule has 0 radical (unpaired) electrons. The van der Waals surface area contributed by atoms with Gasteiger partial charge in [-0.15, -0.1) is 17.0 Å². The van der Waals surface area contributed by atoms with Crippen LogP contribution in [-0.2, 0) is 13.6 Å². The van der Waals surface area contributed by atoms with E-state index >= 15 is 0 Å². The molecule has 0 aliphatic heterocycles. The number of imidazole rings is 1. The monoisotopic (exact) mass is 362 g/mol. The second-order valence-electron chi connectivity index (χ2n) is 4.58. The van der Waals surface area contributed by atoms with Crippen molar-refractivity contribution in [1.82, 2.24) is 4.57 Å². The Balaban J connectivity index is 0. The molecule has 0 unspecified atom stereocenters. The highest BCUT2D eigenvalue weighted by Crippen LogP contribution is 2.06. The molecule has 0 atom stereocenters. The van der Waals surface area contributed by atoms with Gasteiger partial charge in [-0.2, -0.15) is 0 Å². The molecular formula is C12H24BBrF4N2. The third-order valence-electron chi connectivity index (χ3n) is 2.59. The van der Waals surface area contributed by atoms with Crippen molar-refractivity contribution >= 4 is 24.2 Å². The maximum Gasteiger partial charge on any atom is 0.673 e. The molecule has 2 nitrogen and oxygen atoms in total. The average Bonchev–Trinajstić information content (AvgIpc) is 2.67. The van der Waals surface area contributed by atoms with E-state index in [0.717, 1.165) is 0 Å². The number of rotatable bonds is 7. The molecule has 1 heterocycles. The van der Waals surface area contributed by atoms with Crippen LogP contribution in [0.4, 0.5) is 17.3 Å². The molecule has 1 aromatic heterocycles. The van der Waals surface area contributed by atoms with Crippen LogP contribution < -0.4 is 4.57 Å². The number of aromatic nitrogens is 2. The molecule has 0 fully saturated rings. The summed E-state index contributed by atoms with van der Waals surface area (Å²) in [4.78, 5) is 0. The van der Waals surface area contributed by atoms with Gasteiger partial charge in [0.2, 0.25) is 6.33 Å². The van der Waals surface area contributed by atoms with Gasteiger partial charge in [-0.1, -0.05) is 32.6 Å². The predicted octanol–water partition coefficient (Wildman–Crippen LogP) is 4.55. The second kappa shape index (κ2) is 12.2. The fourth-order valence-corrected chi connectivity index (χ4v) is 1.71. The van der Waals surface area contributed by atoms with E-state index in [-0.39, 0.29) is 17.0 Å². The zero-order chi connectivity index (χ0) is 14.7. The van der Waals surface area contributed by atoms with E-state index in [0.29, 0.717) is 0 Å². The van der Waals surface area contributed by atoms with Gasteiger partial charge < -0.3 is 17.3 Å². The largest absolute Gasteiger partial charge is 0.673 e. The SMILES string of the molecule is Br.CCCCCCCC[n+]1ccn(C)c1.F[B-](F)(F)F. The Bertz CT molecular complexity index is 326. The minimum absolute atomic E-state index is 0. The van der Waals surface area contributed by atoms with E-state index in [4.69, 9.17) is 0 Å². The summed E-state index contributed by atoms with van der Waals surface area (Å²) >= 11 is 0. The Hall–Kier alpha value is -0.525. The molecule has 1 rings (SSSR count). The Labute approximate surface area is 129 Å². The number of hydrogen-bond acceptors (Lipinski definition) is 0. The minimum atomic E-state index is -6.00. The van der Waals surface area contributed by atoms with Gasteiger partial charge >= 0.3 is 7.25 Å². The topological polar surface area (TPSA) is 8.81 Å². The summed E-state index contributed by atoms with van der Waals surface area (Å²) in [5.41, 5.74) is 0. The van der Waals surface area contributed by atoms with Crippen molar-refractivity contribution in [2.45, 2.75) is 52.0 Å². The molecule has 0 N–H and O–H groups in total. The van der Waals surface area contributed by atoms with Crippen molar-refractivity contribution < 1.29 is 21.8 Å². The van der Waals surface area contributed by atoms with Gasteiger partial charge in [0.1, 0.15) is 12.4 Å². The van der Waals surface area contributed by atoms with Crippen LogP contribution in [0.2, 0.25) is 0 Å². The highest BCUT2D eigenvalue weighted by Gasteiger charge is 2.20. The average molecular weight is 363 g/mol. The van der Waals surface area contributed by atoms with Crippen LogP contribution in [0.5, 0.6) is 0 Å². The van der Waals surface area contributed by atoms with Crippen molar-refractivity contribution in [3.05, 3.63) is 18.7 Å². The lowest BCUT2D eigenvalue weighted by molar-refractivity contribution is -0.696. The lowest BCUT2D eigenvalue weighted by atomic mass is 10.1. The van der Waals surface area contributed by atoms with Gasteiger partial charge in [0.15, 0.2) is 0 Å². The van der Waals surface area contributed by atoms with E-state index < -0.39 is 7.25 Å². The fraction of sp³-hybridized carbons (Fsp3) is 0.750. The summed E-state index contributed by atoms with van der Waals surface area (Å²) in [6.45, 7) is 3.44. The quantitative estimate of drug-likeness (QED) is 0.291. The zero-order valence-corrected chi connectivity index (χ0v) is 13.8. The molecule has 20 heavy (non-hydrogen) atoms. The standard InChI is InChI=1S/C12H23N2.BF4.BrH/c1-3-4-5-6-7-8-9-14-11-10-13(2)12-14;2-1(3,4)5;/h10-12H,3-9H2,1-2H3;;1H/q+1;-1;. The third-order valence-corrected chi connectivity index (χ3v) is 2.59. The van der Waals surface area contributed by atoms with E-state index in [2.05, 4.69) is 41.8 Å². The van der Waals surface area contributed by atoms with Crippen molar-refractivity contribution in [3.63, 3.8) is 0 Å². The van der Waals surface area contributed by atoms with Crippen LogP contribution in [-0.4, -0.2) is 11.8 Å². The van der Waals surface area contributed by atoms with Gasteiger partial charge in [-0.3, -0.25) is 0 Å². The molecule has 0 saturated carbocycles. The van der Waals surface area contributed by atoms with Crippen molar-refractivity contribution in [3.8, 4) is 0 Å². The van der Waals surface area contributed by atoms with Crippen LogP contribution in [0.15, 0.2) is 18.7 Å². The third kappa shape index (κ3) is 17.5. The summed E-state index contributed by atoms with van der Waals surface area (Å²) in [5.74, 6) is 0. The molecule has 120 valence electrons. The molecule has 0 aliphatic carbocycles. The highest BCUT2D eigenvalue weighted by atomic mass is 79.9. The van der Waals surface area contributed by atoms with Crippen molar-refractivity contribution in [2.24, 2.45) is 7.05 Å².